The third-order valence-electron chi connectivity index (χ3n) is 4.62. The summed E-state index contributed by atoms with van der Waals surface area (Å²) in [6, 6.07) is 7.09. The van der Waals surface area contributed by atoms with Gasteiger partial charge in [0.25, 0.3) is 5.91 Å². The van der Waals surface area contributed by atoms with E-state index in [0.29, 0.717) is 47.7 Å². The third-order valence-corrected chi connectivity index (χ3v) is 5.50. The Morgan fingerprint density at radius 2 is 2.26 bits per heavy atom. The number of ether oxygens (including phenoxy) is 1. The second kappa shape index (κ2) is 6.92. The van der Waals surface area contributed by atoms with E-state index >= 15 is 0 Å². The molecule has 0 spiro atoms. The van der Waals surface area contributed by atoms with Crippen molar-refractivity contribution in [1.82, 2.24) is 20.2 Å². The maximum atomic E-state index is 12.8. The van der Waals surface area contributed by atoms with Crippen LogP contribution in [0.4, 0.5) is 4.79 Å². The van der Waals surface area contributed by atoms with Crippen molar-refractivity contribution in [2.75, 3.05) is 20.2 Å². The van der Waals surface area contributed by atoms with Crippen molar-refractivity contribution in [2.24, 2.45) is 0 Å². The average Bonchev–Trinajstić information content (AvgIpc) is 3.39. The predicted octanol–water partition coefficient (Wildman–Crippen LogP) is 2.78. The molecule has 1 aliphatic heterocycles. The van der Waals surface area contributed by atoms with Crippen molar-refractivity contribution in [1.29, 1.82) is 0 Å². The summed E-state index contributed by atoms with van der Waals surface area (Å²) >= 11 is 1.55. The number of aromatic amines is 1. The number of carboxylic acid groups (broad SMARTS) is 1. The molecule has 0 aliphatic carbocycles. The van der Waals surface area contributed by atoms with Crippen LogP contribution in [0.15, 0.2) is 29.6 Å². The van der Waals surface area contributed by atoms with Crippen molar-refractivity contribution >= 4 is 34.4 Å². The molecule has 1 aromatic carbocycles. The van der Waals surface area contributed by atoms with Crippen LogP contribution in [0.5, 0.6) is 5.75 Å². The quantitative estimate of drug-likeness (QED) is 0.639. The SMILES string of the molecule is COc1ccc(C(=O)NC2CCN(C(=O)O)C2)c2nc(-c3cccs3)[nH]c12. The highest BCUT2D eigenvalue weighted by Crippen LogP contribution is 2.31. The minimum Gasteiger partial charge on any atom is -0.494 e. The van der Waals surface area contributed by atoms with Crippen molar-refractivity contribution < 1.29 is 19.4 Å². The lowest BCUT2D eigenvalue weighted by atomic mass is 10.1. The fourth-order valence-corrected chi connectivity index (χ4v) is 3.94. The highest BCUT2D eigenvalue weighted by molar-refractivity contribution is 7.13. The van der Waals surface area contributed by atoms with Crippen LogP contribution in [0, 0.1) is 0 Å². The van der Waals surface area contributed by atoms with E-state index in [2.05, 4.69) is 15.3 Å². The van der Waals surface area contributed by atoms with Crippen LogP contribution in [0.3, 0.4) is 0 Å². The highest BCUT2D eigenvalue weighted by atomic mass is 32.1. The molecule has 0 saturated carbocycles. The number of methoxy groups -OCH3 is 1. The fourth-order valence-electron chi connectivity index (χ4n) is 3.27. The topological polar surface area (TPSA) is 108 Å². The number of hydrogen-bond acceptors (Lipinski definition) is 5. The van der Waals surface area contributed by atoms with Gasteiger partial charge in [0.1, 0.15) is 22.6 Å². The molecular weight excluding hydrogens is 368 g/mol. The van der Waals surface area contributed by atoms with Gasteiger partial charge >= 0.3 is 6.09 Å². The second-order valence-corrected chi connectivity index (χ2v) is 7.24. The van der Waals surface area contributed by atoms with E-state index in [1.165, 1.54) is 4.90 Å². The standard InChI is InChI=1S/C18H18N4O4S/c1-26-12-5-4-11(17(23)19-10-6-7-22(9-10)18(24)25)14-15(12)21-16(20-14)13-3-2-8-27-13/h2-5,8,10H,6-7,9H2,1H3,(H,19,23)(H,20,21)(H,24,25). The van der Waals surface area contributed by atoms with Gasteiger partial charge in [-0.25, -0.2) is 9.78 Å². The van der Waals surface area contributed by atoms with Crippen molar-refractivity contribution in [3.63, 3.8) is 0 Å². The van der Waals surface area contributed by atoms with Gasteiger partial charge in [0.15, 0.2) is 0 Å². The smallest absolute Gasteiger partial charge is 0.407 e. The number of thiophene rings is 1. The first-order valence-corrected chi connectivity index (χ1v) is 9.34. The summed E-state index contributed by atoms with van der Waals surface area (Å²) in [5, 5.41) is 13.9. The molecular formula is C18H18N4O4S. The zero-order chi connectivity index (χ0) is 19.0. The lowest BCUT2D eigenvalue weighted by molar-refractivity contribution is 0.0937. The van der Waals surface area contributed by atoms with Crippen LogP contribution in [0.2, 0.25) is 0 Å². The van der Waals surface area contributed by atoms with Crippen molar-refractivity contribution in [3.8, 4) is 16.5 Å². The number of likely N-dealkylation sites (tertiary alicyclic amines) is 1. The number of nitrogens with zero attached hydrogens (tertiary/aromatic N) is 2. The Morgan fingerprint density at radius 1 is 1.41 bits per heavy atom. The molecule has 1 aliphatic rings. The summed E-state index contributed by atoms with van der Waals surface area (Å²) in [5.41, 5.74) is 1.62. The van der Waals surface area contributed by atoms with Gasteiger partial charge in [0, 0.05) is 19.1 Å². The van der Waals surface area contributed by atoms with Crippen LogP contribution in [0.25, 0.3) is 21.7 Å². The lowest BCUT2D eigenvalue weighted by Crippen LogP contribution is -2.38. The summed E-state index contributed by atoms with van der Waals surface area (Å²) in [7, 11) is 1.57. The molecule has 0 bridgehead atoms. The first-order valence-electron chi connectivity index (χ1n) is 8.46. The molecule has 8 nitrogen and oxygen atoms in total. The third kappa shape index (κ3) is 3.21. The van der Waals surface area contributed by atoms with E-state index in [4.69, 9.17) is 9.84 Å². The van der Waals surface area contributed by atoms with Gasteiger partial charge in [-0.1, -0.05) is 6.07 Å². The minimum atomic E-state index is -0.966. The summed E-state index contributed by atoms with van der Waals surface area (Å²) in [6.07, 6.45) is -0.371. The number of rotatable bonds is 4. The van der Waals surface area contributed by atoms with Crippen molar-refractivity contribution in [2.45, 2.75) is 12.5 Å². The number of imidazole rings is 1. The number of amides is 2. The van der Waals surface area contributed by atoms with E-state index in [1.807, 2.05) is 17.5 Å². The Morgan fingerprint density at radius 3 is 2.93 bits per heavy atom. The Bertz CT molecular complexity index is 998. The normalized spacial score (nSPS) is 16.6. The Kier molecular flexibility index (Phi) is 4.44. The van der Waals surface area contributed by atoms with E-state index in [-0.39, 0.29) is 11.9 Å². The number of benzene rings is 1. The molecule has 3 aromatic rings. The second-order valence-electron chi connectivity index (χ2n) is 6.29. The lowest BCUT2D eigenvalue weighted by Gasteiger charge is -2.14. The molecule has 1 fully saturated rings. The molecule has 9 heteroatoms. The Labute approximate surface area is 158 Å². The summed E-state index contributed by atoms with van der Waals surface area (Å²) < 4.78 is 5.40. The van der Waals surface area contributed by atoms with Gasteiger partial charge in [-0.05, 0) is 30.0 Å². The van der Waals surface area contributed by atoms with Gasteiger partial charge < -0.3 is 25.0 Å². The van der Waals surface area contributed by atoms with E-state index in [0.717, 1.165) is 4.88 Å². The van der Waals surface area contributed by atoms with Gasteiger partial charge in [0.05, 0.1) is 17.6 Å². The first-order chi connectivity index (χ1) is 13.1. The Hall–Kier alpha value is -3.07. The molecule has 0 radical (unpaired) electrons. The zero-order valence-electron chi connectivity index (χ0n) is 14.6. The van der Waals surface area contributed by atoms with Gasteiger partial charge in [-0.3, -0.25) is 4.79 Å². The largest absolute Gasteiger partial charge is 0.494 e. The molecule has 2 aromatic heterocycles. The number of hydrogen-bond donors (Lipinski definition) is 3. The first kappa shape index (κ1) is 17.3. The summed E-state index contributed by atoms with van der Waals surface area (Å²) in [6.45, 7) is 0.713. The highest BCUT2D eigenvalue weighted by Gasteiger charge is 2.28. The number of carbonyl (C=O) groups is 2. The van der Waals surface area contributed by atoms with Gasteiger partial charge in [-0.15, -0.1) is 11.3 Å². The summed E-state index contributed by atoms with van der Waals surface area (Å²) in [5.74, 6) is 1.01. The molecule has 1 saturated heterocycles. The minimum absolute atomic E-state index is 0.207. The molecule has 1 atom stereocenters. The fraction of sp³-hybridized carbons (Fsp3) is 0.278. The molecule has 140 valence electrons. The van der Waals surface area contributed by atoms with Crippen LogP contribution in [-0.4, -0.2) is 58.2 Å². The number of aromatic nitrogens is 2. The monoisotopic (exact) mass is 386 g/mol. The zero-order valence-corrected chi connectivity index (χ0v) is 15.4. The van der Waals surface area contributed by atoms with E-state index < -0.39 is 6.09 Å². The molecule has 4 rings (SSSR count). The summed E-state index contributed by atoms with van der Waals surface area (Å²) in [4.78, 5) is 34.0. The maximum absolute atomic E-state index is 12.8. The number of H-pyrrole nitrogens is 1. The molecule has 1 unspecified atom stereocenters. The van der Waals surface area contributed by atoms with E-state index in [1.54, 1.807) is 30.6 Å². The average molecular weight is 386 g/mol. The van der Waals surface area contributed by atoms with Crippen molar-refractivity contribution in [3.05, 3.63) is 35.2 Å². The molecule has 3 heterocycles. The number of carbonyl (C=O) groups excluding carboxylic acids is 1. The predicted molar refractivity (Wildman–Crippen MR) is 101 cm³/mol. The number of nitrogens with one attached hydrogen (secondary N) is 2. The van der Waals surface area contributed by atoms with E-state index in [9.17, 15) is 9.59 Å². The van der Waals surface area contributed by atoms with Crippen LogP contribution in [-0.2, 0) is 0 Å². The van der Waals surface area contributed by atoms with Gasteiger partial charge in [0.2, 0.25) is 0 Å². The van der Waals surface area contributed by atoms with Crippen LogP contribution >= 0.6 is 11.3 Å². The molecule has 27 heavy (non-hydrogen) atoms. The molecule has 3 N–H and O–H groups in total. The Balaban J connectivity index is 1.65. The van der Waals surface area contributed by atoms with Gasteiger partial charge in [-0.2, -0.15) is 0 Å². The molecule has 2 amide bonds. The van der Waals surface area contributed by atoms with Crippen LogP contribution < -0.4 is 10.1 Å². The maximum Gasteiger partial charge on any atom is 0.407 e. The number of fused-ring (bicyclic) bond motifs is 1. The van der Waals surface area contributed by atoms with Crippen LogP contribution in [0.1, 0.15) is 16.8 Å².